The molecule has 148 valence electrons. The van der Waals surface area contributed by atoms with E-state index in [1.165, 1.54) is 5.56 Å². The molecule has 0 bridgehead atoms. The van der Waals surface area contributed by atoms with Gasteiger partial charge in [-0.1, -0.05) is 48.5 Å². The van der Waals surface area contributed by atoms with Gasteiger partial charge in [0.05, 0.1) is 6.61 Å². The predicted octanol–water partition coefficient (Wildman–Crippen LogP) is 3.41. The van der Waals surface area contributed by atoms with Crippen molar-refractivity contribution in [1.82, 2.24) is 10.2 Å². The molecule has 0 saturated carbocycles. The number of carbonyl (C=O) groups is 2. The first-order valence-corrected chi connectivity index (χ1v) is 9.69. The fourth-order valence-corrected chi connectivity index (χ4v) is 3.49. The van der Waals surface area contributed by atoms with Gasteiger partial charge in [0.25, 0.3) is 0 Å². The summed E-state index contributed by atoms with van der Waals surface area (Å²) < 4.78 is 5.29. The maximum absolute atomic E-state index is 12.7. The minimum Gasteiger partial charge on any atom is -0.464 e. The highest BCUT2D eigenvalue weighted by molar-refractivity contribution is 5.94. The van der Waals surface area contributed by atoms with Crippen LogP contribution in [0.3, 0.4) is 0 Å². The number of amides is 2. The van der Waals surface area contributed by atoms with Crippen LogP contribution in [-0.4, -0.2) is 42.1 Å². The summed E-state index contributed by atoms with van der Waals surface area (Å²) in [5.74, 6) is -0.363. The van der Waals surface area contributed by atoms with E-state index in [0.29, 0.717) is 31.6 Å². The Balaban J connectivity index is 1.64. The second kappa shape index (κ2) is 9.37. The highest BCUT2D eigenvalue weighted by atomic mass is 16.5. The number of piperidine rings is 1. The van der Waals surface area contributed by atoms with Crippen molar-refractivity contribution >= 4 is 17.7 Å². The lowest BCUT2D eigenvalue weighted by Crippen LogP contribution is -2.61. The smallest absolute Gasteiger partial charge is 0.331 e. The summed E-state index contributed by atoms with van der Waals surface area (Å²) in [6.07, 6.45) is 1.03. The minimum atomic E-state index is -0.998. The summed E-state index contributed by atoms with van der Waals surface area (Å²) in [5.41, 5.74) is 0.920. The second-order valence-electron chi connectivity index (χ2n) is 7.01. The van der Waals surface area contributed by atoms with Gasteiger partial charge in [-0.25, -0.2) is 9.59 Å². The van der Waals surface area contributed by atoms with Crippen LogP contribution in [0, 0.1) is 0 Å². The number of para-hydroxylation sites is 1. The molecular formula is C22H27N3O3. The summed E-state index contributed by atoms with van der Waals surface area (Å²) in [6, 6.07) is 19.0. The van der Waals surface area contributed by atoms with E-state index in [9.17, 15) is 9.59 Å². The first-order chi connectivity index (χ1) is 13.6. The van der Waals surface area contributed by atoms with Gasteiger partial charge in [-0.3, -0.25) is 4.90 Å². The maximum Gasteiger partial charge on any atom is 0.331 e. The normalized spacial score (nSPS) is 16.2. The van der Waals surface area contributed by atoms with Crippen LogP contribution in [0.15, 0.2) is 60.7 Å². The minimum absolute atomic E-state index is 0.288. The molecule has 2 amide bonds. The van der Waals surface area contributed by atoms with E-state index < -0.39 is 11.6 Å². The fourth-order valence-electron chi connectivity index (χ4n) is 3.49. The van der Waals surface area contributed by atoms with Gasteiger partial charge < -0.3 is 15.4 Å². The zero-order chi connectivity index (χ0) is 19.8. The number of rotatable bonds is 6. The summed E-state index contributed by atoms with van der Waals surface area (Å²) in [7, 11) is 0. The molecule has 28 heavy (non-hydrogen) atoms. The van der Waals surface area contributed by atoms with Gasteiger partial charge in [0, 0.05) is 25.3 Å². The average molecular weight is 381 g/mol. The molecule has 0 atom stereocenters. The molecule has 2 aromatic rings. The van der Waals surface area contributed by atoms with Gasteiger partial charge in [0.15, 0.2) is 0 Å². The first kappa shape index (κ1) is 19.9. The Morgan fingerprint density at radius 2 is 1.61 bits per heavy atom. The molecule has 3 rings (SSSR count). The number of hydrogen-bond donors (Lipinski definition) is 2. The fraction of sp³-hybridized carbons (Fsp3) is 0.364. The molecule has 6 nitrogen and oxygen atoms in total. The van der Waals surface area contributed by atoms with Crippen molar-refractivity contribution in [2.75, 3.05) is 25.0 Å². The molecule has 0 spiro atoms. The van der Waals surface area contributed by atoms with Gasteiger partial charge >= 0.3 is 12.0 Å². The lowest BCUT2D eigenvalue weighted by molar-refractivity contribution is -0.153. The van der Waals surface area contributed by atoms with Crippen molar-refractivity contribution in [3.8, 4) is 0 Å². The van der Waals surface area contributed by atoms with Crippen molar-refractivity contribution in [3.05, 3.63) is 66.2 Å². The van der Waals surface area contributed by atoms with Crippen LogP contribution in [-0.2, 0) is 16.1 Å². The number of nitrogens with one attached hydrogen (secondary N) is 2. The van der Waals surface area contributed by atoms with E-state index in [1.54, 1.807) is 19.1 Å². The second-order valence-corrected chi connectivity index (χ2v) is 7.01. The van der Waals surface area contributed by atoms with Crippen molar-refractivity contribution in [2.24, 2.45) is 0 Å². The summed E-state index contributed by atoms with van der Waals surface area (Å²) in [4.78, 5) is 27.5. The number of nitrogens with zero attached hydrogens (tertiary/aromatic N) is 1. The molecule has 2 N–H and O–H groups in total. The summed E-state index contributed by atoms with van der Waals surface area (Å²) in [6.45, 7) is 4.31. The Morgan fingerprint density at radius 1 is 1.00 bits per heavy atom. The number of anilines is 1. The molecule has 1 aliphatic heterocycles. The van der Waals surface area contributed by atoms with E-state index >= 15 is 0 Å². The Morgan fingerprint density at radius 3 is 2.21 bits per heavy atom. The lowest BCUT2D eigenvalue weighted by Gasteiger charge is -2.40. The highest BCUT2D eigenvalue weighted by Crippen LogP contribution is 2.25. The molecule has 6 heteroatoms. The average Bonchev–Trinajstić information content (AvgIpc) is 2.71. The number of likely N-dealkylation sites (tertiary alicyclic amines) is 1. The third-order valence-electron chi connectivity index (χ3n) is 5.01. The zero-order valence-corrected chi connectivity index (χ0v) is 16.2. The number of hydrogen-bond acceptors (Lipinski definition) is 4. The summed E-state index contributed by atoms with van der Waals surface area (Å²) >= 11 is 0. The van der Waals surface area contributed by atoms with Gasteiger partial charge in [-0.15, -0.1) is 0 Å². The van der Waals surface area contributed by atoms with E-state index in [-0.39, 0.29) is 12.6 Å². The third kappa shape index (κ3) is 5.10. The van der Waals surface area contributed by atoms with E-state index in [1.807, 2.05) is 36.4 Å². The van der Waals surface area contributed by atoms with Gasteiger partial charge in [0.2, 0.25) is 0 Å². The quantitative estimate of drug-likeness (QED) is 0.753. The van der Waals surface area contributed by atoms with Crippen molar-refractivity contribution in [1.29, 1.82) is 0 Å². The van der Waals surface area contributed by atoms with Crippen LogP contribution in [0.1, 0.15) is 25.3 Å². The van der Waals surface area contributed by atoms with Crippen molar-refractivity contribution in [3.63, 3.8) is 0 Å². The van der Waals surface area contributed by atoms with Gasteiger partial charge in [0.1, 0.15) is 5.54 Å². The van der Waals surface area contributed by atoms with Crippen LogP contribution in [0.5, 0.6) is 0 Å². The van der Waals surface area contributed by atoms with E-state index in [2.05, 4.69) is 27.7 Å². The van der Waals surface area contributed by atoms with Crippen molar-refractivity contribution in [2.45, 2.75) is 31.8 Å². The topological polar surface area (TPSA) is 70.7 Å². The van der Waals surface area contributed by atoms with Crippen LogP contribution in [0.4, 0.5) is 10.5 Å². The largest absolute Gasteiger partial charge is 0.464 e. The Hall–Kier alpha value is -2.86. The lowest BCUT2D eigenvalue weighted by atomic mass is 9.87. The molecule has 0 aromatic heterocycles. The van der Waals surface area contributed by atoms with E-state index in [0.717, 1.165) is 6.54 Å². The van der Waals surface area contributed by atoms with Crippen LogP contribution in [0.2, 0.25) is 0 Å². The number of carbonyl (C=O) groups excluding carboxylic acids is 2. The number of urea groups is 1. The third-order valence-corrected chi connectivity index (χ3v) is 5.01. The van der Waals surface area contributed by atoms with Crippen LogP contribution >= 0.6 is 0 Å². The molecular weight excluding hydrogens is 354 g/mol. The Labute approximate surface area is 165 Å². The standard InChI is InChI=1S/C22H27N3O3/c1-2-28-20(26)22(24-21(27)23-19-11-7-4-8-12-19)13-15-25(16-14-22)17-18-9-5-3-6-10-18/h3-12H,2,13-17H2,1H3,(H2,23,24,27). The molecule has 0 unspecified atom stereocenters. The Bertz CT molecular complexity index is 772. The molecule has 0 radical (unpaired) electrons. The Kier molecular flexibility index (Phi) is 6.66. The van der Waals surface area contributed by atoms with Gasteiger partial charge in [-0.2, -0.15) is 0 Å². The van der Waals surface area contributed by atoms with Crippen LogP contribution < -0.4 is 10.6 Å². The number of ether oxygens (including phenoxy) is 1. The molecule has 1 aliphatic rings. The van der Waals surface area contributed by atoms with Crippen LogP contribution in [0.25, 0.3) is 0 Å². The predicted molar refractivity (Wildman–Crippen MR) is 109 cm³/mol. The number of benzene rings is 2. The molecule has 2 aromatic carbocycles. The first-order valence-electron chi connectivity index (χ1n) is 9.69. The highest BCUT2D eigenvalue weighted by Gasteiger charge is 2.44. The molecule has 1 saturated heterocycles. The zero-order valence-electron chi connectivity index (χ0n) is 16.2. The molecule has 1 fully saturated rings. The number of esters is 1. The summed E-state index contributed by atoms with van der Waals surface area (Å²) in [5, 5.41) is 5.69. The van der Waals surface area contributed by atoms with Crippen molar-refractivity contribution < 1.29 is 14.3 Å². The monoisotopic (exact) mass is 381 g/mol. The van der Waals surface area contributed by atoms with Gasteiger partial charge in [-0.05, 0) is 37.5 Å². The maximum atomic E-state index is 12.7. The SMILES string of the molecule is CCOC(=O)C1(NC(=O)Nc2ccccc2)CCN(Cc2ccccc2)CC1. The molecule has 1 heterocycles. The van der Waals surface area contributed by atoms with E-state index in [4.69, 9.17) is 4.74 Å². The molecule has 0 aliphatic carbocycles.